The molecule has 0 aliphatic carbocycles. The lowest BCUT2D eigenvalue weighted by Crippen LogP contribution is -2.15. The Morgan fingerprint density at radius 2 is 1.60 bits per heavy atom. The molecule has 0 radical (unpaired) electrons. The monoisotopic (exact) mass is 334 g/mol. The van der Waals surface area contributed by atoms with Gasteiger partial charge in [0.05, 0.1) is 0 Å². The number of aryl methyl sites for hydroxylation is 1. The van der Waals surface area contributed by atoms with Gasteiger partial charge < -0.3 is 20.1 Å². The zero-order valence-corrected chi connectivity index (χ0v) is 13.8. The lowest BCUT2D eigenvalue weighted by molar-refractivity contribution is 0.171. The number of ether oxygens (including phenoxy) is 2. The Balaban J connectivity index is 1.56. The third kappa shape index (κ3) is 3.63. The maximum atomic E-state index is 5.61. The summed E-state index contributed by atoms with van der Waals surface area (Å²) in [5, 5.41) is 6.51. The zero-order valence-electron chi connectivity index (χ0n) is 13.8. The molecule has 0 amide bonds. The smallest absolute Gasteiger partial charge is 0.229 e. The molecule has 4 rings (SSSR count). The highest BCUT2D eigenvalue weighted by molar-refractivity contribution is 5.62. The van der Waals surface area contributed by atoms with Crippen LogP contribution in [0.15, 0.2) is 54.6 Å². The van der Waals surface area contributed by atoms with Gasteiger partial charge in [-0.25, -0.2) is 4.98 Å². The molecule has 6 nitrogen and oxygen atoms in total. The summed E-state index contributed by atoms with van der Waals surface area (Å²) >= 11 is 0. The minimum Gasteiger partial charge on any atom is -0.486 e. The van der Waals surface area contributed by atoms with Gasteiger partial charge in [0.25, 0.3) is 0 Å². The van der Waals surface area contributed by atoms with Crippen molar-refractivity contribution in [2.45, 2.75) is 6.92 Å². The van der Waals surface area contributed by atoms with Gasteiger partial charge in [-0.05, 0) is 31.2 Å². The summed E-state index contributed by atoms with van der Waals surface area (Å²) in [6.45, 7) is 3.07. The highest BCUT2D eigenvalue weighted by Gasteiger charge is 2.12. The standard InChI is InChI=1S/C19H18N4O2/c1-13-11-18(21-14-5-3-2-4-6-14)23-19(20-13)22-15-7-8-16-17(12-15)25-10-9-24-16/h2-8,11-12H,9-10H2,1H3,(H2,20,21,22,23). The molecule has 25 heavy (non-hydrogen) atoms. The zero-order chi connectivity index (χ0) is 17.1. The van der Waals surface area contributed by atoms with Crippen molar-refractivity contribution in [1.29, 1.82) is 0 Å². The summed E-state index contributed by atoms with van der Waals surface area (Å²) in [5.41, 5.74) is 2.69. The van der Waals surface area contributed by atoms with E-state index in [1.807, 2.05) is 61.5 Å². The number of anilines is 4. The normalized spacial score (nSPS) is 12.5. The van der Waals surface area contributed by atoms with Crippen molar-refractivity contribution in [2.75, 3.05) is 23.8 Å². The Morgan fingerprint density at radius 3 is 2.44 bits per heavy atom. The van der Waals surface area contributed by atoms with Crippen LogP contribution in [0.3, 0.4) is 0 Å². The van der Waals surface area contributed by atoms with Crippen molar-refractivity contribution in [2.24, 2.45) is 0 Å². The van der Waals surface area contributed by atoms with E-state index in [4.69, 9.17) is 9.47 Å². The van der Waals surface area contributed by atoms with Crippen LogP contribution < -0.4 is 20.1 Å². The van der Waals surface area contributed by atoms with E-state index in [1.165, 1.54) is 0 Å². The molecule has 0 saturated heterocycles. The summed E-state index contributed by atoms with van der Waals surface area (Å²) < 4.78 is 11.1. The highest BCUT2D eigenvalue weighted by atomic mass is 16.6. The van der Waals surface area contributed by atoms with Crippen LogP contribution in [-0.4, -0.2) is 23.2 Å². The topological polar surface area (TPSA) is 68.3 Å². The Bertz CT molecular complexity index is 884. The molecule has 0 spiro atoms. The van der Waals surface area contributed by atoms with Crippen LogP contribution in [0.1, 0.15) is 5.69 Å². The molecule has 2 aromatic carbocycles. The lowest BCUT2D eigenvalue weighted by atomic mass is 10.2. The minimum atomic E-state index is 0.523. The van der Waals surface area contributed by atoms with E-state index in [0.29, 0.717) is 19.2 Å². The molecule has 3 aromatic rings. The SMILES string of the molecule is Cc1cc(Nc2ccccc2)nc(Nc2ccc3c(c2)OCCO3)n1. The fourth-order valence-electron chi connectivity index (χ4n) is 2.61. The molecule has 6 heteroatoms. The van der Waals surface area contributed by atoms with E-state index in [-0.39, 0.29) is 0 Å². The average molecular weight is 334 g/mol. The fraction of sp³-hybridized carbons (Fsp3) is 0.158. The molecule has 0 atom stereocenters. The van der Waals surface area contributed by atoms with Crippen molar-refractivity contribution in [3.05, 3.63) is 60.3 Å². The average Bonchev–Trinajstić information content (AvgIpc) is 2.62. The second kappa shape index (κ2) is 6.68. The van der Waals surface area contributed by atoms with Gasteiger partial charge in [0.1, 0.15) is 19.0 Å². The molecule has 2 N–H and O–H groups in total. The summed E-state index contributed by atoms with van der Waals surface area (Å²) in [6, 6.07) is 17.5. The van der Waals surface area contributed by atoms with Crippen molar-refractivity contribution in [1.82, 2.24) is 9.97 Å². The lowest BCUT2D eigenvalue weighted by Gasteiger charge is -2.19. The van der Waals surface area contributed by atoms with Crippen LogP contribution in [0.2, 0.25) is 0 Å². The third-order valence-corrected chi connectivity index (χ3v) is 3.70. The predicted octanol–water partition coefficient (Wildman–Crippen LogP) is 4.04. The number of fused-ring (bicyclic) bond motifs is 1. The summed E-state index contributed by atoms with van der Waals surface area (Å²) in [7, 11) is 0. The van der Waals surface area contributed by atoms with Crippen LogP contribution >= 0.6 is 0 Å². The number of para-hydroxylation sites is 1. The van der Waals surface area contributed by atoms with Gasteiger partial charge in [-0.2, -0.15) is 4.98 Å². The van der Waals surface area contributed by atoms with E-state index >= 15 is 0 Å². The second-order valence-corrected chi connectivity index (χ2v) is 5.69. The highest BCUT2D eigenvalue weighted by Crippen LogP contribution is 2.33. The summed E-state index contributed by atoms with van der Waals surface area (Å²) in [5.74, 6) is 2.74. The van der Waals surface area contributed by atoms with Crippen LogP contribution in [0, 0.1) is 6.92 Å². The quantitative estimate of drug-likeness (QED) is 0.750. The maximum absolute atomic E-state index is 5.61. The minimum absolute atomic E-state index is 0.523. The number of benzene rings is 2. The first-order valence-corrected chi connectivity index (χ1v) is 8.11. The predicted molar refractivity (Wildman–Crippen MR) is 97.2 cm³/mol. The first-order valence-electron chi connectivity index (χ1n) is 8.11. The largest absolute Gasteiger partial charge is 0.486 e. The molecule has 2 heterocycles. The van der Waals surface area contributed by atoms with Crippen LogP contribution in [0.25, 0.3) is 0 Å². The Kier molecular flexibility index (Phi) is 4.08. The van der Waals surface area contributed by atoms with E-state index in [2.05, 4.69) is 20.6 Å². The van der Waals surface area contributed by atoms with E-state index < -0.39 is 0 Å². The summed E-state index contributed by atoms with van der Waals surface area (Å²) in [6.07, 6.45) is 0. The van der Waals surface area contributed by atoms with Gasteiger partial charge in [0.2, 0.25) is 5.95 Å². The number of aromatic nitrogens is 2. The number of hydrogen-bond acceptors (Lipinski definition) is 6. The van der Waals surface area contributed by atoms with Crippen LogP contribution in [-0.2, 0) is 0 Å². The van der Waals surface area contributed by atoms with E-state index in [0.717, 1.165) is 34.4 Å². The second-order valence-electron chi connectivity index (χ2n) is 5.69. The Labute approximate surface area is 145 Å². The molecule has 1 aliphatic heterocycles. The Morgan fingerprint density at radius 1 is 0.800 bits per heavy atom. The summed E-state index contributed by atoms with van der Waals surface area (Å²) in [4.78, 5) is 8.98. The van der Waals surface area contributed by atoms with Crippen molar-refractivity contribution in [3.8, 4) is 11.5 Å². The maximum Gasteiger partial charge on any atom is 0.229 e. The molecule has 0 saturated carbocycles. The first-order chi connectivity index (χ1) is 12.3. The molecule has 0 fully saturated rings. The number of nitrogens with one attached hydrogen (secondary N) is 2. The number of hydrogen-bond donors (Lipinski definition) is 2. The van der Waals surface area contributed by atoms with Gasteiger partial charge in [-0.15, -0.1) is 0 Å². The van der Waals surface area contributed by atoms with Gasteiger partial charge >= 0.3 is 0 Å². The van der Waals surface area contributed by atoms with Gasteiger partial charge in [0.15, 0.2) is 11.5 Å². The molecule has 126 valence electrons. The van der Waals surface area contributed by atoms with Gasteiger partial charge in [-0.1, -0.05) is 18.2 Å². The van der Waals surface area contributed by atoms with E-state index in [9.17, 15) is 0 Å². The Hall–Kier alpha value is -3.28. The van der Waals surface area contributed by atoms with Gasteiger partial charge in [-0.3, -0.25) is 0 Å². The molecule has 1 aliphatic rings. The van der Waals surface area contributed by atoms with Crippen molar-refractivity contribution in [3.63, 3.8) is 0 Å². The van der Waals surface area contributed by atoms with Crippen LogP contribution in [0.5, 0.6) is 11.5 Å². The molecular weight excluding hydrogens is 316 g/mol. The first kappa shape index (κ1) is 15.3. The van der Waals surface area contributed by atoms with Gasteiger partial charge in [0, 0.05) is 29.2 Å². The van der Waals surface area contributed by atoms with E-state index in [1.54, 1.807) is 0 Å². The molecule has 1 aromatic heterocycles. The van der Waals surface area contributed by atoms with Crippen molar-refractivity contribution < 1.29 is 9.47 Å². The fourth-order valence-corrected chi connectivity index (χ4v) is 2.61. The van der Waals surface area contributed by atoms with Crippen molar-refractivity contribution >= 4 is 23.1 Å². The number of nitrogens with zero attached hydrogens (tertiary/aromatic N) is 2. The third-order valence-electron chi connectivity index (χ3n) is 3.70. The number of rotatable bonds is 4. The molecular formula is C19H18N4O2. The van der Waals surface area contributed by atoms with Crippen LogP contribution in [0.4, 0.5) is 23.1 Å². The molecule has 0 bridgehead atoms. The molecule has 0 unspecified atom stereocenters.